The molecule has 136 valence electrons. The summed E-state index contributed by atoms with van der Waals surface area (Å²) < 4.78 is 41.2. The van der Waals surface area contributed by atoms with E-state index in [1.807, 2.05) is 0 Å². The summed E-state index contributed by atoms with van der Waals surface area (Å²) in [4.78, 5) is 20.0. The highest BCUT2D eigenvalue weighted by atomic mass is 19.4. The van der Waals surface area contributed by atoms with E-state index in [0.717, 1.165) is 10.7 Å². The van der Waals surface area contributed by atoms with Gasteiger partial charge in [0.25, 0.3) is 5.91 Å². The number of alkyl halides is 3. The van der Waals surface area contributed by atoms with Gasteiger partial charge in [0.15, 0.2) is 11.6 Å². The Hall–Kier alpha value is -3.38. The van der Waals surface area contributed by atoms with Crippen LogP contribution in [0.3, 0.4) is 0 Å². The van der Waals surface area contributed by atoms with Gasteiger partial charge in [0.05, 0.1) is 5.56 Å². The lowest BCUT2D eigenvalue weighted by atomic mass is 10.2. The van der Waals surface area contributed by atoms with Crippen LogP contribution in [0.1, 0.15) is 28.8 Å². The summed E-state index contributed by atoms with van der Waals surface area (Å²) in [6, 6.07) is 1.72. The van der Waals surface area contributed by atoms with Crippen molar-refractivity contribution in [2.24, 2.45) is 7.05 Å². The fourth-order valence-electron chi connectivity index (χ4n) is 2.02. The number of nitrogens with one attached hydrogen (secondary N) is 1. The Morgan fingerprint density at radius 1 is 1.31 bits per heavy atom. The monoisotopic (exact) mass is 367 g/mol. The summed E-state index contributed by atoms with van der Waals surface area (Å²) in [5, 5.41) is 16.9. The van der Waals surface area contributed by atoms with Crippen LogP contribution in [0.4, 0.5) is 19.1 Å². The van der Waals surface area contributed by atoms with Gasteiger partial charge in [-0.05, 0) is 22.6 Å². The van der Waals surface area contributed by atoms with E-state index in [1.54, 1.807) is 6.92 Å². The molecule has 0 aliphatic rings. The third-order valence-corrected chi connectivity index (χ3v) is 3.33. The average Bonchev–Trinajstić information content (AvgIpc) is 3.23. The highest BCUT2D eigenvalue weighted by Crippen LogP contribution is 2.29. The summed E-state index contributed by atoms with van der Waals surface area (Å²) in [5.41, 5.74) is -1.30. The number of hydrogen-bond donors (Lipinski definition) is 1. The van der Waals surface area contributed by atoms with Gasteiger partial charge in [0, 0.05) is 13.5 Å². The van der Waals surface area contributed by atoms with Gasteiger partial charge in [-0.3, -0.25) is 10.1 Å². The van der Waals surface area contributed by atoms with Crippen molar-refractivity contribution in [3.05, 3.63) is 35.5 Å². The summed E-state index contributed by atoms with van der Waals surface area (Å²) in [5.74, 6) is -0.630. The van der Waals surface area contributed by atoms with Gasteiger partial charge in [0.2, 0.25) is 5.95 Å². The van der Waals surface area contributed by atoms with Gasteiger partial charge in [0.1, 0.15) is 12.0 Å². The lowest BCUT2D eigenvalue weighted by Crippen LogP contribution is -2.20. The number of carbonyl (C=O) groups excluding carboxylic acids is 1. The maximum atomic E-state index is 13.0. The molecule has 0 fully saturated rings. The molecule has 0 bridgehead atoms. The molecule has 0 aliphatic carbocycles. The Morgan fingerprint density at radius 3 is 2.65 bits per heavy atom. The normalized spacial score (nSPS) is 11.6. The molecule has 10 nitrogen and oxygen atoms in total. The number of tetrazole rings is 1. The van der Waals surface area contributed by atoms with E-state index in [2.05, 4.69) is 35.9 Å². The van der Waals surface area contributed by atoms with Crippen molar-refractivity contribution in [3.63, 3.8) is 0 Å². The predicted octanol–water partition coefficient (Wildman–Crippen LogP) is 1.02. The molecule has 3 aromatic rings. The van der Waals surface area contributed by atoms with Gasteiger partial charge >= 0.3 is 6.18 Å². The number of anilines is 1. The Morgan fingerprint density at radius 2 is 2.08 bits per heavy atom. The number of hydrogen-bond acceptors (Lipinski definition) is 7. The van der Waals surface area contributed by atoms with E-state index in [4.69, 9.17) is 0 Å². The van der Waals surface area contributed by atoms with Gasteiger partial charge in [-0.2, -0.15) is 13.2 Å². The highest BCUT2D eigenvalue weighted by molar-refractivity contribution is 6.05. The molecular formula is C13H12F3N9O. The first-order valence-corrected chi connectivity index (χ1v) is 7.32. The minimum Gasteiger partial charge on any atom is -0.289 e. The first-order valence-electron chi connectivity index (χ1n) is 7.32. The Labute approximate surface area is 144 Å². The molecule has 0 unspecified atom stereocenters. The fourth-order valence-corrected chi connectivity index (χ4v) is 2.02. The molecule has 26 heavy (non-hydrogen) atoms. The molecule has 3 aromatic heterocycles. The van der Waals surface area contributed by atoms with Crippen LogP contribution >= 0.6 is 0 Å². The average molecular weight is 367 g/mol. The minimum atomic E-state index is -4.68. The molecule has 0 atom stereocenters. The van der Waals surface area contributed by atoms with Crippen LogP contribution in [-0.4, -0.2) is 45.9 Å². The van der Waals surface area contributed by atoms with Crippen LogP contribution in [0.2, 0.25) is 0 Å². The number of rotatable bonds is 4. The molecule has 0 aromatic carbocycles. The van der Waals surface area contributed by atoms with Gasteiger partial charge in [-0.25, -0.2) is 19.3 Å². The number of halogens is 3. The van der Waals surface area contributed by atoms with Crippen LogP contribution < -0.4 is 5.32 Å². The maximum Gasteiger partial charge on any atom is 0.433 e. The van der Waals surface area contributed by atoms with E-state index in [0.29, 0.717) is 18.3 Å². The number of carbonyl (C=O) groups is 1. The molecule has 0 aliphatic heterocycles. The molecule has 3 heterocycles. The van der Waals surface area contributed by atoms with Crippen molar-refractivity contribution in [1.29, 1.82) is 0 Å². The number of nitrogens with zero attached hydrogens (tertiary/aromatic N) is 8. The zero-order valence-corrected chi connectivity index (χ0v) is 13.6. The second kappa shape index (κ2) is 6.50. The van der Waals surface area contributed by atoms with E-state index >= 15 is 0 Å². The quantitative estimate of drug-likeness (QED) is 0.732. The van der Waals surface area contributed by atoms with Crippen molar-refractivity contribution in [1.82, 2.24) is 40.0 Å². The number of aryl methyl sites for hydroxylation is 2. The SMILES string of the molecule is CCc1ncn(-c2nc(C(F)(F)F)ccc2C(=O)Nc2nnnn2C)n1. The summed E-state index contributed by atoms with van der Waals surface area (Å²) in [6.07, 6.45) is -3.01. The fraction of sp³-hybridized carbons (Fsp3) is 0.308. The second-order valence-corrected chi connectivity index (χ2v) is 5.10. The van der Waals surface area contributed by atoms with Crippen LogP contribution in [0.5, 0.6) is 0 Å². The third kappa shape index (κ3) is 3.36. The first kappa shape index (κ1) is 17.4. The Bertz CT molecular complexity index is 946. The highest BCUT2D eigenvalue weighted by Gasteiger charge is 2.34. The van der Waals surface area contributed by atoms with Crippen molar-refractivity contribution < 1.29 is 18.0 Å². The minimum absolute atomic E-state index is 0.0219. The van der Waals surface area contributed by atoms with Crippen molar-refractivity contribution in [3.8, 4) is 5.82 Å². The van der Waals surface area contributed by atoms with E-state index in [9.17, 15) is 18.0 Å². The topological polar surface area (TPSA) is 116 Å². The lowest BCUT2D eigenvalue weighted by Gasteiger charge is -2.12. The van der Waals surface area contributed by atoms with Crippen molar-refractivity contribution in [2.75, 3.05) is 5.32 Å². The van der Waals surface area contributed by atoms with Crippen LogP contribution in [0.15, 0.2) is 18.5 Å². The number of amides is 1. The predicted molar refractivity (Wildman–Crippen MR) is 80.3 cm³/mol. The molecule has 1 N–H and O–H groups in total. The molecule has 0 spiro atoms. The molecule has 1 amide bonds. The molecular weight excluding hydrogens is 355 g/mol. The zero-order chi connectivity index (χ0) is 18.9. The molecule has 0 saturated heterocycles. The largest absolute Gasteiger partial charge is 0.433 e. The Balaban J connectivity index is 2.06. The standard InChI is InChI=1S/C13H12F3N9O/c1-3-9-17-6-25(21-9)10-7(4-5-8(18-10)13(14,15)16)11(26)19-12-20-22-23-24(12)2/h4-6H,3H2,1-2H3,(H,19,20,23,26). The number of pyridine rings is 1. The smallest absolute Gasteiger partial charge is 0.289 e. The maximum absolute atomic E-state index is 13.0. The molecule has 0 radical (unpaired) electrons. The first-order chi connectivity index (χ1) is 12.3. The molecule has 0 saturated carbocycles. The van der Waals surface area contributed by atoms with E-state index in [1.165, 1.54) is 18.1 Å². The Kier molecular flexibility index (Phi) is 4.36. The van der Waals surface area contributed by atoms with Crippen molar-refractivity contribution in [2.45, 2.75) is 19.5 Å². The zero-order valence-electron chi connectivity index (χ0n) is 13.6. The van der Waals surface area contributed by atoms with Crippen LogP contribution in [0.25, 0.3) is 5.82 Å². The number of aromatic nitrogens is 8. The summed E-state index contributed by atoms with van der Waals surface area (Å²) >= 11 is 0. The van der Waals surface area contributed by atoms with Crippen molar-refractivity contribution >= 4 is 11.9 Å². The second-order valence-electron chi connectivity index (χ2n) is 5.10. The van der Waals surface area contributed by atoms with Gasteiger partial charge in [-0.1, -0.05) is 12.0 Å². The third-order valence-electron chi connectivity index (χ3n) is 3.33. The summed E-state index contributed by atoms with van der Waals surface area (Å²) in [6.45, 7) is 1.79. The van der Waals surface area contributed by atoms with E-state index in [-0.39, 0.29) is 17.3 Å². The van der Waals surface area contributed by atoms with Crippen LogP contribution in [-0.2, 0) is 19.6 Å². The van der Waals surface area contributed by atoms with Gasteiger partial charge in [-0.15, -0.1) is 5.10 Å². The molecule has 3 rings (SSSR count). The lowest BCUT2D eigenvalue weighted by molar-refractivity contribution is -0.141. The molecule has 13 heteroatoms. The summed E-state index contributed by atoms with van der Waals surface area (Å²) in [7, 11) is 1.49. The van der Waals surface area contributed by atoms with Crippen LogP contribution in [0, 0.1) is 0 Å². The van der Waals surface area contributed by atoms with Gasteiger partial charge < -0.3 is 0 Å². The van der Waals surface area contributed by atoms with E-state index < -0.39 is 17.8 Å².